The van der Waals surface area contributed by atoms with Crippen LogP contribution >= 0.6 is 12.2 Å². The summed E-state index contributed by atoms with van der Waals surface area (Å²) in [6.07, 6.45) is 9.35. The van der Waals surface area contributed by atoms with Crippen LogP contribution in [0.1, 0.15) is 45.4 Å². The van der Waals surface area contributed by atoms with Gasteiger partial charge in [-0.25, -0.2) is 0 Å². The highest BCUT2D eigenvalue weighted by Crippen LogP contribution is 2.27. The van der Waals surface area contributed by atoms with Crippen molar-refractivity contribution in [3.8, 4) is 0 Å². The molecule has 1 aromatic heterocycles. The summed E-state index contributed by atoms with van der Waals surface area (Å²) in [5.41, 5.74) is 0. The quantitative estimate of drug-likeness (QED) is 0.591. The van der Waals surface area contributed by atoms with Crippen LogP contribution in [0.15, 0.2) is 18.7 Å². The van der Waals surface area contributed by atoms with Gasteiger partial charge in [0.1, 0.15) is 11.6 Å². The molecule has 2 N–H and O–H groups in total. The number of aromatic nitrogens is 2. The Balaban J connectivity index is 1.84. The molecule has 1 atom stereocenters. The molecule has 7 heteroatoms. The van der Waals surface area contributed by atoms with Gasteiger partial charge < -0.3 is 20.4 Å². The molecule has 2 aliphatic heterocycles. The normalized spacial score (nSPS) is 20.7. The van der Waals surface area contributed by atoms with Gasteiger partial charge >= 0.3 is 0 Å². The van der Waals surface area contributed by atoms with E-state index in [0.717, 1.165) is 37.8 Å². The topological polar surface area (TPSA) is 56.3 Å². The highest BCUT2D eigenvalue weighted by atomic mass is 32.1. The molecule has 3 heterocycles. The molecule has 2 aliphatic rings. The minimum absolute atomic E-state index is 0.529. The van der Waals surface area contributed by atoms with Crippen molar-refractivity contribution in [3.05, 3.63) is 18.7 Å². The fourth-order valence-electron chi connectivity index (χ4n) is 3.81. The summed E-state index contributed by atoms with van der Waals surface area (Å²) >= 11 is 5.36. The SMILES string of the molecule is C=CCNC(=S)Nc1nc(N2CCCCCC2)cc(N2CCCC(C)C2)n1. The molecule has 27 heavy (non-hydrogen) atoms. The number of nitrogens with one attached hydrogen (secondary N) is 2. The van der Waals surface area contributed by atoms with E-state index in [1.165, 1.54) is 38.5 Å². The van der Waals surface area contributed by atoms with E-state index in [0.29, 0.717) is 23.5 Å². The minimum Gasteiger partial charge on any atom is -0.359 e. The van der Waals surface area contributed by atoms with Crippen LogP contribution < -0.4 is 20.4 Å². The van der Waals surface area contributed by atoms with E-state index in [9.17, 15) is 0 Å². The van der Waals surface area contributed by atoms with Crippen LogP contribution in [0.4, 0.5) is 17.6 Å². The molecule has 0 aliphatic carbocycles. The van der Waals surface area contributed by atoms with Crippen molar-refractivity contribution in [3.63, 3.8) is 0 Å². The van der Waals surface area contributed by atoms with Crippen LogP contribution in [0.5, 0.6) is 0 Å². The van der Waals surface area contributed by atoms with Gasteiger partial charge in [0, 0.05) is 38.8 Å². The van der Waals surface area contributed by atoms with Crippen molar-refractivity contribution in [2.75, 3.05) is 47.8 Å². The Bertz CT molecular complexity index is 621. The first kappa shape index (κ1) is 19.9. The van der Waals surface area contributed by atoms with Crippen molar-refractivity contribution in [2.45, 2.75) is 45.4 Å². The lowest BCUT2D eigenvalue weighted by Gasteiger charge is -2.33. The van der Waals surface area contributed by atoms with Crippen molar-refractivity contribution in [2.24, 2.45) is 5.92 Å². The maximum Gasteiger partial charge on any atom is 0.232 e. The predicted octanol–water partition coefficient (Wildman–Crippen LogP) is 3.57. The van der Waals surface area contributed by atoms with Gasteiger partial charge in [0.2, 0.25) is 5.95 Å². The maximum atomic E-state index is 5.36. The van der Waals surface area contributed by atoms with Gasteiger partial charge in [-0.3, -0.25) is 0 Å². The fraction of sp³-hybridized carbons (Fsp3) is 0.650. The Morgan fingerprint density at radius 1 is 1.15 bits per heavy atom. The molecule has 6 nitrogen and oxygen atoms in total. The zero-order chi connectivity index (χ0) is 19.1. The first-order valence-electron chi connectivity index (χ1n) is 10.2. The third-order valence-electron chi connectivity index (χ3n) is 5.24. The summed E-state index contributed by atoms with van der Waals surface area (Å²) in [4.78, 5) is 14.4. The summed E-state index contributed by atoms with van der Waals surface area (Å²) in [6, 6.07) is 2.16. The number of anilines is 3. The highest BCUT2D eigenvalue weighted by molar-refractivity contribution is 7.80. The smallest absolute Gasteiger partial charge is 0.232 e. The first-order valence-corrected chi connectivity index (χ1v) is 10.6. The van der Waals surface area contributed by atoms with Crippen LogP contribution in [-0.4, -0.2) is 47.8 Å². The summed E-state index contributed by atoms with van der Waals surface area (Å²) in [5, 5.41) is 6.78. The summed E-state index contributed by atoms with van der Waals surface area (Å²) in [6.45, 7) is 10.9. The van der Waals surface area contributed by atoms with Gasteiger partial charge in [0.25, 0.3) is 0 Å². The number of thiocarbonyl (C=S) groups is 1. The average molecular weight is 389 g/mol. The van der Waals surface area contributed by atoms with Crippen LogP contribution in [0.2, 0.25) is 0 Å². The number of hydrogen-bond acceptors (Lipinski definition) is 5. The molecule has 148 valence electrons. The zero-order valence-corrected chi connectivity index (χ0v) is 17.2. The van der Waals surface area contributed by atoms with E-state index in [4.69, 9.17) is 22.2 Å². The molecule has 0 spiro atoms. The van der Waals surface area contributed by atoms with Gasteiger partial charge in [-0.1, -0.05) is 25.8 Å². The fourth-order valence-corrected chi connectivity index (χ4v) is 3.98. The van der Waals surface area contributed by atoms with Crippen molar-refractivity contribution in [1.29, 1.82) is 0 Å². The van der Waals surface area contributed by atoms with E-state index in [1.54, 1.807) is 6.08 Å². The highest BCUT2D eigenvalue weighted by Gasteiger charge is 2.21. The lowest BCUT2D eigenvalue weighted by molar-refractivity contribution is 0.444. The van der Waals surface area contributed by atoms with Gasteiger partial charge in [-0.05, 0) is 43.8 Å². The Morgan fingerprint density at radius 3 is 2.48 bits per heavy atom. The second-order valence-corrected chi connectivity index (χ2v) is 8.03. The van der Waals surface area contributed by atoms with Crippen molar-refractivity contribution < 1.29 is 0 Å². The molecular weight excluding hydrogens is 356 g/mol. The monoisotopic (exact) mass is 388 g/mol. The molecule has 2 saturated heterocycles. The summed E-state index contributed by atoms with van der Waals surface area (Å²) in [7, 11) is 0. The second kappa shape index (κ2) is 9.88. The molecule has 0 radical (unpaired) electrons. The molecule has 0 amide bonds. The molecule has 0 saturated carbocycles. The summed E-state index contributed by atoms with van der Waals surface area (Å²) in [5.74, 6) is 3.28. The molecule has 0 bridgehead atoms. The first-order chi connectivity index (χ1) is 13.2. The third-order valence-corrected chi connectivity index (χ3v) is 5.49. The van der Waals surface area contributed by atoms with Crippen LogP contribution in [0, 0.1) is 5.92 Å². The number of piperidine rings is 1. The van der Waals surface area contributed by atoms with E-state index in [2.05, 4.69) is 40.0 Å². The average Bonchev–Trinajstić information content (AvgIpc) is 2.95. The minimum atomic E-state index is 0.529. The Kier molecular flexibility index (Phi) is 7.26. The Labute approximate surface area is 168 Å². The lowest BCUT2D eigenvalue weighted by Crippen LogP contribution is -2.36. The Hall–Kier alpha value is -1.89. The number of nitrogens with zero attached hydrogens (tertiary/aromatic N) is 4. The van der Waals surface area contributed by atoms with Gasteiger partial charge in [0.15, 0.2) is 5.11 Å². The van der Waals surface area contributed by atoms with Crippen LogP contribution in [0.25, 0.3) is 0 Å². The standard InChI is InChI=1S/C20H32N6S/c1-3-10-21-20(27)24-19-22-17(25-11-6-4-5-7-12-25)14-18(23-19)26-13-8-9-16(2)15-26/h3,14,16H,1,4-13,15H2,2H3,(H2,21,22,23,24,27). The zero-order valence-electron chi connectivity index (χ0n) is 16.4. The lowest BCUT2D eigenvalue weighted by atomic mass is 10.0. The van der Waals surface area contributed by atoms with Crippen LogP contribution in [-0.2, 0) is 0 Å². The van der Waals surface area contributed by atoms with E-state index >= 15 is 0 Å². The van der Waals surface area contributed by atoms with Crippen molar-refractivity contribution >= 4 is 34.9 Å². The molecule has 1 aromatic rings. The van der Waals surface area contributed by atoms with Gasteiger partial charge in [0.05, 0.1) is 0 Å². The summed E-state index contributed by atoms with van der Waals surface area (Å²) < 4.78 is 0. The van der Waals surface area contributed by atoms with Crippen LogP contribution in [0.3, 0.4) is 0 Å². The second-order valence-electron chi connectivity index (χ2n) is 7.63. The third kappa shape index (κ3) is 5.79. The molecule has 3 rings (SSSR count). The van der Waals surface area contributed by atoms with E-state index in [-0.39, 0.29) is 0 Å². The van der Waals surface area contributed by atoms with E-state index in [1.807, 2.05) is 0 Å². The van der Waals surface area contributed by atoms with E-state index < -0.39 is 0 Å². The Morgan fingerprint density at radius 2 is 1.81 bits per heavy atom. The van der Waals surface area contributed by atoms with Crippen molar-refractivity contribution in [1.82, 2.24) is 15.3 Å². The predicted molar refractivity (Wildman–Crippen MR) is 118 cm³/mol. The maximum absolute atomic E-state index is 5.36. The largest absolute Gasteiger partial charge is 0.359 e. The number of rotatable bonds is 5. The molecule has 2 fully saturated rings. The molecular formula is C20H32N6S. The molecule has 1 unspecified atom stereocenters. The van der Waals surface area contributed by atoms with Gasteiger partial charge in [-0.2, -0.15) is 9.97 Å². The van der Waals surface area contributed by atoms with Gasteiger partial charge in [-0.15, -0.1) is 6.58 Å². The number of hydrogen-bond donors (Lipinski definition) is 2. The molecule has 0 aromatic carbocycles.